The molecule has 0 spiro atoms. The molecule has 1 fully saturated rings. The molecule has 1 atom stereocenters. The lowest BCUT2D eigenvalue weighted by molar-refractivity contribution is -0.127. The zero-order chi connectivity index (χ0) is 14.0. The number of carbonyl (C=O) groups excluding carboxylic acids is 1. The molecule has 0 N–H and O–H groups in total. The first-order chi connectivity index (χ1) is 8.88. The molecular formula is C12H13BrClNO3S. The zero-order valence-corrected chi connectivity index (χ0v) is 13.2. The number of hydrogen-bond donors (Lipinski definition) is 0. The van der Waals surface area contributed by atoms with Crippen LogP contribution in [0.2, 0.25) is 0 Å². The predicted octanol–water partition coefficient (Wildman–Crippen LogP) is 2.16. The van der Waals surface area contributed by atoms with Crippen molar-refractivity contribution in [3.8, 4) is 0 Å². The largest absolute Gasteiger partial charge is 0.341 e. The van der Waals surface area contributed by atoms with E-state index in [4.69, 9.17) is 10.7 Å². The Labute approximate surface area is 125 Å². The van der Waals surface area contributed by atoms with Gasteiger partial charge in [-0.25, -0.2) is 8.42 Å². The van der Waals surface area contributed by atoms with Gasteiger partial charge in [0.1, 0.15) is 5.25 Å². The van der Waals surface area contributed by atoms with Crippen LogP contribution >= 0.6 is 26.6 Å². The summed E-state index contributed by atoms with van der Waals surface area (Å²) in [7, 11) is 1.64. The number of rotatable bonds is 4. The summed E-state index contributed by atoms with van der Waals surface area (Å²) in [6, 6.07) is 7.76. The predicted molar refractivity (Wildman–Crippen MR) is 77.6 cm³/mol. The summed E-state index contributed by atoms with van der Waals surface area (Å²) in [5, 5.41) is -0.777. The highest BCUT2D eigenvalue weighted by Crippen LogP contribution is 2.22. The van der Waals surface area contributed by atoms with Gasteiger partial charge in [-0.15, -0.1) is 0 Å². The lowest BCUT2D eigenvalue weighted by Crippen LogP contribution is -2.29. The van der Waals surface area contributed by atoms with Crippen molar-refractivity contribution >= 4 is 41.6 Å². The molecule has 1 aromatic rings. The van der Waals surface area contributed by atoms with Crippen LogP contribution in [0.25, 0.3) is 0 Å². The minimum Gasteiger partial charge on any atom is -0.341 e. The molecule has 2 rings (SSSR count). The third-order valence-electron chi connectivity index (χ3n) is 3.19. The van der Waals surface area contributed by atoms with E-state index < -0.39 is 14.3 Å². The molecule has 4 nitrogen and oxygen atoms in total. The first-order valence-corrected chi connectivity index (χ1v) is 8.99. The standard InChI is InChI=1S/C12H13BrClNO3S/c13-11-4-2-1-3-9(11)5-6-15-8-10(7-12(15)16)19(14,17)18/h1-4,10H,5-8H2. The van der Waals surface area contributed by atoms with Crippen LogP contribution in [0.1, 0.15) is 12.0 Å². The Bertz CT molecular complexity index is 590. The Morgan fingerprint density at radius 2 is 2.05 bits per heavy atom. The zero-order valence-electron chi connectivity index (χ0n) is 10.1. The van der Waals surface area contributed by atoms with E-state index in [1.54, 1.807) is 4.90 Å². The summed E-state index contributed by atoms with van der Waals surface area (Å²) in [6.45, 7) is 0.694. The fraction of sp³-hybridized carbons (Fsp3) is 0.417. The van der Waals surface area contributed by atoms with Gasteiger partial charge < -0.3 is 4.90 Å². The summed E-state index contributed by atoms with van der Waals surface area (Å²) in [6.07, 6.45) is 0.671. The highest BCUT2D eigenvalue weighted by Gasteiger charge is 2.36. The van der Waals surface area contributed by atoms with Crippen LogP contribution in [-0.2, 0) is 20.3 Å². The van der Waals surface area contributed by atoms with Gasteiger partial charge in [0.05, 0.1) is 0 Å². The van der Waals surface area contributed by atoms with Crippen LogP contribution in [-0.4, -0.2) is 37.6 Å². The quantitative estimate of drug-likeness (QED) is 0.767. The van der Waals surface area contributed by atoms with E-state index in [1.807, 2.05) is 24.3 Å². The van der Waals surface area contributed by atoms with E-state index in [9.17, 15) is 13.2 Å². The van der Waals surface area contributed by atoms with Crippen LogP contribution in [0.3, 0.4) is 0 Å². The van der Waals surface area contributed by atoms with Gasteiger partial charge in [0.15, 0.2) is 0 Å². The Balaban J connectivity index is 1.98. The van der Waals surface area contributed by atoms with Gasteiger partial charge in [-0.3, -0.25) is 4.79 Å². The first kappa shape index (κ1) is 14.8. The van der Waals surface area contributed by atoms with E-state index in [1.165, 1.54) is 0 Å². The van der Waals surface area contributed by atoms with Crippen LogP contribution in [0.5, 0.6) is 0 Å². The maximum Gasteiger partial charge on any atom is 0.237 e. The van der Waals surface area contributed by atoms with Gasteiger partial charge in [0.25, 0.3) is 0 Å². The molecule has 19 heavy (non-hydrogen) atoms. The van der Waals surface area contributed by atoms with Gasteiger partial charge in [-0.1, -0.05) is 34.1 Å². The third kappa shape index (κ3) is 3.70. The SMILES string of the molecule is O=C1CC(S(=O)(=O)Cl)CN1CCc1ccccc1Br. The summed E-state index contributed by atoms with van der Waals surface area (Å²) in [4.78, 5) is 13.3. The monoisotopic (exact) mass is 365 g/mol. The van der Waals surface area contributed by atoms with Crippen LogP contribution in [0.15, 0.2) is 28.7 Å². The molecule has 1 heterocycles. The van der Waals surface area contributed by atoms with E-state index >= 15 is 0 Å². The van der Waals surface area contributed by atoms with Crippen LogP contribution in [0.4, 0.5) is 0 Å². The van der Waals surface area contributed by atoms with Gasteiger partial charge in [-0.05, 0) is 18.1 Å². The fourth-order valence-corrected chi connectivity index (χ4v) is 3.64. The molecule has 0 bridgehead atoms. The van der Waals surface area contributed by atoms with Crippen molar-refractivity contribution in [2.75, 3.05) is 13.1 Å². The molecule has 0 radical (unpaired) electrons. The Morgan fingerprint density at radius 3 is 2.63 bits per heavy atom. The molecule has 1 aliphatic heterocycles. The maximum absolute atomic E-state index is 11.7. The van der Waals surface area contributed by atoms with E-state index in [0.717, 1.165) is 10.0 Å². The van der Waals surface area contributed by atoms with Crippen molar-refractivity contribution in [3.05, 3.63) is 34.3 Å². The van der Waals surface area contributed by atoms with Crippen molar-refractivity contribution in [1.82, 2.24) is 4.90 Å². The molecule has 7 heteroatoms. The lowest BCUT2D eigenvalue weighted by Gasteiger charge is -2.16. The fourth-order valence-electron chi connectivity index (χ4n) is 2.10. The molecule has 0 aliphatic carbocycles. The topological polar surface area (TPSA) is 54.5 Å². The number of nitrogens with zero attached hydrogens (tertiary/aromatic N) is 1. The van der Waals surface area contributed by atoms with Gasteiger partial charge in [-0.2, -0.15) is 0 Å². The normalized spacial score (nSPS) is 20.0. The Kier molecular flexibility index (Phi) is 4.53. The average molecular weight is 367 g/mol. The summed E-state index contributed by atoms with van der Waals surface area (Å²) in [5.74, 6) is -0.152. The molecule has 1 aromatic carbocycles. The summed E-state index contributed by atoms with van der Waals surface area (Å²) in [5.41, 5.74) is 1.09. The number of hydrogen-bond acceptors (Lipinski definition) is 3. The number of carbonyl (C=O) groups is 1. The van der Waals surface area contributed by atoms with Gasteiger partial charge >= 0.3 is 0 Å². The molecule has 104 valence electrons. The molecule has 1 unspecified atom stereocenters. The van der Waals surface area contributed by atoms with Crippen molar-refractivity contribution in [3.63, 3.8) is 0 Å². The summed E-state index contributed by atoms with van der Waals surface area (Å²) < 4.78 is 23.5. The minimum absolute atomic E-state index is 0.0121. The van der Waals surface area contributed by atoms with E-state index in [-0.39, 0.29) is 18.9 Å². The highest BCUT2D eigenvalue weighted by atomic mass is 79.9. The molecular weight excluding hydrogens is 354 g/mol. The molecule has 1 aliphatic rings. The van der Waals surface area contributed by atoms with E-state index in [0.29, 0.717) is 13.0 Å². The van der Waals surface area contributed by atoms with Crippen LogP contribution in [0, 0.1) is 0 Å². The van der Waals surface area contributed by atoms with Crippen molar-refractivity contribution in [2.45, 2.75) is 18.1 Å². The number of benzene rings is 1. The van der Waals surface area contributed by atoms with E-state index in [2.05, 4.69) is 15.9 Å². The van der Waals surface area contributed by atoms with Crippen LogP contribution < -0.4 is 0 Å². The summed E-state index contributed by atoms with van der Waals surface area (Å²) >= 11 is 3.44. The lowest BCUT2D eigenvalue weighted by atomic mass is 10.1. The smallest absolute Gasteiger partial charge is 0.237 e. The second kappa shape index (κ2) is 5.81. The highest BCUT2D eigenvalue weighted by molar-refractivity contribution is 9.10. The molecule has 0 saturated carbocycles. The first-order valence-electron chi connectivity index (χ1n) is 5.82. The number of likely N-dealkylation sites (tertiary alicyclic amines) is 1. The average Bonchev–Trinajstić information content (AvgIpc) is 2.70. The second-order valence-electron chi connectivity index (χ2n) is 4.48. The molecule has 0 aromatic heterocycles. The van der Waals surface area contributed by atoms with Crippen molar-refractivity contribution in [2.24, 2.45) is 0 Å². The number of halogens is 2. The molecule has 1 saturated heterocycles. The maximum atomic E-state index is 11.7. The van der Waals surface area contributed by atoms with Crippen molar-refractivity contribution < 1.29 is 13.2 Å². The van der Waals surface area contributed by atoms with Gasteiger partial charge in [0.2, 0.25) is 15.0 Å². The minimum atomic E-state index is -3.66. The second-order valence-corrected chi connectivity index (χ2v) is 8.25. The van der Waals surface area contributed by atoms with Gasteiger partial charge in [0, 0.05) is 34.7 Å². The Hall–Kier alpha value is -0.590. The Morgan fingerprint density at radius 1 is 1.37 bits per heavy atom. The third-order valence-corrected chi connectivity index (χ3v) is 5.83. The van der Waals surface area contributed by atoms with Crippen molar-refractivity contribution in [1.29, 1.82) is 0 Å². The molecule has 1 amide bonds. The number of amides is 1.